The number of ether oxygens (including phenoxy) is 1. The zero-order chi connectivity index (χ0) is 22.0. The molecule has 0 aliphatic carbocycles. The first-order valence-electron chi connectivity index (χ1n) is 10.5. The summed E-state index contributed by atoms with van der Waals surface area (Å²) in [4.78, 5) is 17.8. The topological polar surface area (TPSA) is 59.3 Å². The van der Waals surface area contributed by atoms with E-state index in [0.29, 0.717) is 24.6 Å². The molecule has 1 saturated heterocycles. The summed E-state index contributed by atoms with van der Waals surface area (Å²) in [6.07, 6.45) is 5.87. The second kappa shape index (κ2) is 8.13. The Morgan fingerprint density at radius 1 is 1.03 bits per heavy atom. The lowest BCUT2D eigenvalue weighted by molar-refractivity contribution is 0.0541. The highest BCUT2D eigenvalue weighted by molar-refractivity contribution is 6.05. The molecule has 2 aliphatic heterocycles. The predicted molar refractivity (Wildman–Crippen MR) is 123 cm³/mol. The van der Waals surface area contributed by atoms with Gasteiger partial charge in [0.1, 0.15) is 17.1 Å². The molecule has 3 heterocycles. The fraction of sp³-hybridized carbons (Fsp3) is 0.240. The highest BCUT2D eigenvalue weighted by Crippen LogP contribution is 2.41. The summed E-state index contributed by atoms with van der Waals surface area (Å²) in [5.41, 5.74) is 3.62. The summed E-state index contributed by atoms with van der Waals surface area (Å²) < 4.78 is 6.60. The molecule has 1 spiro atoms. The fourth-order valence-electron chi connectivity index (χ4n) is 4.55. The standard InChI is InChI=1S/C25H20N6O/c1-26-20-7-3-6-18(14-20)19-8-9-23-21(15-19)22(30-27-2)16-25(32-23)10-4-13-31(17-25)24-28-11-5-12-29-24/h3,5-9,11-12,14-15H,4,10,13,16-17H2/b30-22+. The van der Waals surface area contributed by atoms with Crippen molar-refractivity contribution in [2.45, 2.75) is 24.9 Å². The number of anilines is 1. The third-order valence-electron chi connectivity index (χ3n) is 5.96. The summed E-state index contributed by atoms with van der Waals surface area (Å²) in [5, 5.41) is 4.17. The van der Waals surface area contributed by atoms with E-state index in [1.807, 2.05) is 42.5 Å². The van der Waals surface area contributed by atoms with E-state index in [4.69, 9.17) is 17.9 Å². The van der Waals surface area contributed by atoms with Crippen LogP contribution in [0.4, 0.5) is 11.6 Å². The lowest BCUT2D eigenvalue weighted by Crippen LogP contribution is -2.55. The zero-order valence-electron chi connectivity index (χ0n) is 17.4. The minimum absolute atomic E-state index is 0.473. The first-order valence-corrected chi connectivity index (χ1v) is 10.5. The van der Waals surface area contributed by atoms with Crippen LogP contribution < -0.4 is 9.64 Å². The van der Waals surface area contributed by atoms with Gasteiger partial charge in [0.05, 0.1) is 18.2 Å². The molecule has 1 fully saturated rings. The van der Waals surface area contributed by atoms with Gasteiger partial charge in [0, 0.05) is 30.9 Å². The van der Waals surface area contributed by atoms with Crippen molar-refractivity contribution < 1.29 is 4.74 Å². The molecule has 0 bridgehead atoms. The van der Waals surface area contributed by atoms with Gasteiger partial charge < -0.3 is 9.64 Å². The van der Waals surface area contributed by atoms with Crippen LogP contribution in [0.5, 0.6) is 5.75 Å². The fourth-order valence-corrected chi connectivity index (χ4v) is 4.55. The van der Waals surface area contributed by atoms with Gasteiger partial charge >= 0.3 is 0 Å². The SMILES string of the molecule is [C-]#[N+]/N=C1\CC2(CCCN(c3ncccn3)C2)Oc2ccc(-c3cccc([N+]#[C-])c3)cc21. The maximum absolute atomic E-state index is 7.36. The van der Waals surface area contributed by atoms with Crippen molar-refractivity contribution in [3.8, 4) is 16.9 Å². The van der Waals surface area contributed by atoms with Crippen LogP contribution in [0, 0.1) is 13.1 Å². The molecule has 7 heteroatoms. The number of hydrogen-bond acceptors (Lipinski definition) is 5. The molecule has 0 radical (unpaired) electrons. The van der Waals surface area contributed by atoms with Crippen molar-refractivity contribution >= 4 is 17.3 Å². The van der Waals surface area contributed by atoms with Gasteiger partial charge in [0.25, 0.3) is 0 Å². The molecule has 2 aliphatic rings. The van der Waals surface area contributed by atoms with Crippen molar-refractivity contribution in [2.24, 2.45) is 5.10 Å². The Hall–Kier alpha value is -4.23. The number of rotatable bonds is 2. The van der Waals surface area contributed by atoms with E-state index in [0.717, 1.165) is 47.5 Å². The maximum atomic E-state index is 7.36. The van der Waals surface area contributed by atoms with Crippen molar-refractivity contribution in [3.63, 3.8) is 0 Å². The zero-order valence-corrected chi connectivity index (χ0v) is 17.4. The van der Waals surface area contributed by atoms with Crippen LogP contribution in [0.2, 0.25) is 0 Å². The first kappa shape index (κ1) is 19.7. The molecular formula is C25H20N6O. The van der Waals surface area contributed by atoms with Crippen molar-refractivity contribution in [1.29, 1.82) is 0 Å². The minimum atomic E-state index is -0.473. The Balaban J connectivity index is 1.51. The van der Waals surface area contributed by atoms with E-state index in [2.05, 4.69) is 29.8 Å². The first-order chi connectivity index (χ1) is 15.7. The Labute approximate surface area is 186 Å². The molecule has 2 aromatic carbocycles. The van der Waals surface area contributed by atoms with Gasteiger partial charge in [0.2, 0.25) is 5.95 Å². The number of aromatic nitrogens is 2. The van der Waals surface area contributed by atoms with E-state index in [9.17, 15) is 0 Å². The Morgan fingerprint density at radius 3 is 2.69 bits per heavy atom. The Kier molecular flexibility index (Phi) is 5.01. The van der Waals surface area contributed by atoms with Gasteiger partial charge in [-0.05, 0) is 48.2 Å². The highest BCUT2D eigenvalue weighted by Gasteiger charge is 2.44. The van der Waals surface area contributed by atoms with E-state index in [1.54, 1.807) is 18.5 Å². The van der Waals surface area contributed by atoms with Crippen molar-refractivity contribution in [2.75, 3.05) is 18.0 Å². The van der Waals surface area contributed by atoms with Gasteiger partial charge in [-0.15, -0.1) is 4.95 Å². The number of piperidine rings is 1. The molecule has 1 aromatic heterocycles. The molecule has 1 atom stereocenters. The van der Waals surface area contributed by atoms with Gasteiger partial charge in [0.15, 0.2) is 5.69 Å². The van der Waals surface area contributed by atoms with Crippen LogP contribution in [-0.2, 0) is 0 Å². The number of nitrogens with zero attached hydrogens (tertiary/aromatic N) is 6. The summed E-state index contributed by atoms with van der Waals surface area (Å²) in [6.45, 7) is 16.1. The summed E-state index contributed by atoms with van der Waals surface area (Å²) in [5.74, 6) is 1.43. The quantitative estimate of drug-likeness (QED) is 0.426. The number of fused-ring (bicyclic) bond motifs is 1. The van der Waals surface area contributed by atoms with E-state index >= 15 is 0 Å². The smallest absolute Gasteiger partial charge is 0.225 e. The monoisotopic (exact) mass is 420 g/mol. The van der Waals surface area contributed by atoms with Gasteiger partial charge in [-0.25, -0.2) is 14.8 Å². The van der Waals surface area contributed by atoms with Crippen molar-refractivity contribution in [1.82, 2.24) is 9.97 Å². The molecule has 0 saturated carbocycles. The summed E-state index contributed by atoms with van der Waals surface area (Å²) in [6, 6.07) is 15.3. The number of benzene rings is 2. The molecule has 1 unspecified atom stereocenters. The second-order valence-corrected chi connectivity index (χ2v) is 8.06. The van der Waals surface area contributed by atoms with E-state index < -0.39 is 5.60 Å². The summed E-state index contributed by atoms with van der Waals surface area (Å²) >= 11 is 0. The van der Waals surface area contributed by atoms with Crippen LogP contribution in [0.15, 0.2) is 66.0 Å². The molecule has 156 valence electrons. The largest absolute Gasteiger partial charge is 0.484 e. The normalized spacial score (nSPS) is 20.8. The average Bonchev–Trinajstić information content (AvgIpc) is 2.84. The van der Waals surface area contributed by atoms with Crippen LogP contribution in [0.3, 0.4) is 0 Å². The lowest BCUT2D eigenvalue weighted by Gasteiger charge is -2.45. The van der Waals surface area contributed by atoms with Crippen LogP contribution >= 0.6 is 0 Å². The molecular weight excluding hydrogens is 400 g/mol. The Morgan fingerprint density at radius 2 is 1.88 bits per heavy atom. The van der Waals surface area contributed by atoms with Crippen LogP contribution in [-0.4, -0.2) is 34.4 Å². The molecule has 7 nitrogen and oxygen atoms in total. The molecule has 0 N–H and O–H groups in total. The predicted octanol–water partition coefficient (Wildman–Crippen LogP) is 5.14. The van der Waals surface area contributed by atoms with Crippen molar-refractivity contribution in [3.05, 3.63) is 89.4 Å². The third kappa shape index (κ3) is 3.66. The second-order valence-electron chi connectivity index (χ2n) is 8.06. The van der Waals surface area contributed by atoms with E-state index in [1.165, 1.54) is 0 Å². The third-order valence-corrected chi connectivity index (χ3v) is 5.96. The van der Waals surface area contributed by atoms with E-state index in [-0.39, 0.29) is 0 Å². The Bertz CT molecular complexity index is 1270. The van der Waals surface area contributed by atoms with Crippen LogP contribution in [0.25, 0.3) is 20.9 Å². The maximum Gasteiger partial charge on any atom is 0.225 e. The van der Waals surface area contributed by atoms with Gasteiger partial charge in [-0.3, -0.25) is 0 Å². The molecule has 3 aromatic rings. The molecule has 0 amide bonds. The summed E-state index contributed by atoms with van der Waals surface area (Å²) in [7, 11) is 0. The van der Waals surface area contributed by atoms with Gasteiger partial charge in [-0.1, -0.05) is 24.3 Å². The minimum Gasteiger partial charge on any atom is -0.484 e. The average molecular weight is 420 g/mol. The lowest BCUT2D eigenvalue weighted by atomic mass is 9.82. The van der Waals surface area contributed by atoms with Crippen LogP contribution in [0.1, 0.15) is 24.8 Å². The molecule has 5 rings (SSSR count). The number of hydrogen-bond donors (Lipinski definition) is 0. The molecule has 32 heavy (non-hydrogen) atoms. The van der Waals surface area contributed by atoms with Gasteiger partial charge in [-0.2, -0.15) is 6.57 Å². The highest BCUT2D eigenvalue weighted by atomic mass is 16.5.